The van der Waals surface area contributed by atoms with Crippen LogP contribution in [0.5, 0.6) is 5.75 Å². The highest BCUT2D eigenvalue weighted by molar-refractivity contribution is 5.96. The molecule has 1 unspecified atom stereocenters. The minimum atomic E-state index is -0.385. The fourth-order valence-electron chi connectivity index (χ4n) is 1.57. The highest BCUT2D eigenvalue weighted by Gasteiger charge is 2.12. The number of halogens is 1. The SMILES string of the molecule is CCCC(C)Oc1cc(F)ccc1C(C)=O. The predicted molar refractivity (Wildman–Crippen MR) is 61.4 cm³/mol. The summed E-state index contributed by atoms with van der Waals surface area (Å²) in [6.07, 6.45) is 1.87. The number of Topliss-reactive ketones (excluding diaryl/α,β-unsaturated/α-hetero) is 1. The molecular weight excluding hydrogens is 207 g/mol. The lowest BCUT2D eigenvalue weighted by Crippen LogP contribution is -2.13. The minimum absolute atomic E-state index is 0.00935. The molecule has 1 atom stereocenters. The molecule has 0 saturated heterocycles. The summed E-state index contributed by atoms with van der Waals surface area (Å²) in [5.74, 6) is -0.157. The zero-order chi connectivity index (χ0) is 12.1. The van der Waals surface area contributed by atoms with E-state index in [2.05, 4.69) is 6.92 Å². The number of benzene rings is 1. The van der Waals surface area contributed by atoms with Gasteiger partial charge in [-0.2, -0.15) is 0 Å². The van der Waals surface area contributed by atoms with E-state index in [0.717, 1.165) is 12.8 Å². The van der Waals surface area contributed by atoms with Crippen LogP contribution in [0.1, 0.15) is 44.0 Å². The molecule has 3 heteroatoms. The standard InChI is InChI=1S/C13H17FO2/c1-4-5-9(2)16-13-8-11(14)6-7-12(13)10(3)15/h6-9H,4-5H2,1-3H3. The molecule has 16 heavy (non-hydrogen) atoms. The molecule has 0 N–H and O–H groups in total. The molecule has 0 aliphatic carbocycles. The Balaban J connectivity index is 2.92. The van der Waals surface area contributed by atoms with Crippen molar-refractivity contribution in [3.8, 4) is 5.75 Å². The number of carbonyl (C=O) groups is 1. The summed E-state index contributed by atoms with van der Waals surface area (Å²) < 4.78 is 18.6. The van der Waals surface area contributed by atoms with Gasteiger partial charge in [0.15, 0.2) is 5.78 Å². The molecule has 0 aliphatic heterocycles. The van der Waals surface area contributed by atoms with Gasteiger partial charge in [-0.15, -0.1) is 0 Å². The van der Waals surface area contributed by atoms with E-state index < -0.39 is 0 Å². The average molecular weight is 224 g/mol. The number of carbonyl (C=O) groups excluding carboxylic acids is 1. The summed E-state index contributed by atoms with van der Waals surface area (Å²) in [5, 5.41) is 0. The highest BCUT2D eigenvalue weighted by Crippen LogP contribution is 2.22. The number of ketones is 1. The van der Waals surface area contributed by atoms with Gasteiger partial charge in [0.1, 0.15) is 11.6 Å². The molecule has 1 rings (SSSR count). The molecule has 0 aliphatic rings. The summed E-state index contributed by atoms with van der Waals surface area (Å²) in [4.78, 5) is 11.3. The van der Waals surface area contributed by atoms with E-state index in [4.69, 9.17) is 4.74 Å². The summed E-state index contributed by atoms with van der Waals surface area (Å²) in [6, 6.07) is 4.00. The molecule has 0 heterocycles. The van der Waals surface area contributed by atoms with Gasteiger partial charge >= 0.3 is 0 Å². The third-order valence-corrected chi connectivity index (χ3v) is 2.35. The second-order valence-corrected chi connectivity index (χ2v) is 3.91. The fourth-order valence-corrected chi connectivity index (χ4v) is 1.57. The Morgan fingerprint density at radius 3 is 2.75 bits per heavy atom. The van der Waals surface area contributed by atoms with Crippen LogP contribution >= 0.6 is 0 Å². The smallest absolute Gasteiger partial charge is 0.163 e. The van der Waals surface area contributed by atoms with Crippen LogP contribution in [0.2, 0.25) is 0 Å². The first-order chi connectivity index (χ1) is 7.54. The molecule has 0 saturated carbocycles. The highest BCUT2D eigenvalue weighted by atomic mass is 19.1. The molecule has 1 aromatic carbocycles. The van der Waals surface area contributed by atoms with Gasteiger partial charge in [0.05, 0.1) is 11.7 Å². The Kier molecular flexibility index (Phi) is 4.47. The Bertz CT molecular complexity index is 374. The normalized spacial score (nSPS) is 12.2. The Morgan fingerprint density at radius 1 is 1.50 bits per heavy atom. The molecule has 2 nitrogen and oxygen atoms in total. The first kappa shape index (κ1) is 12.7. The minimum Gasteiger partial charge on any atom is -0.490 e. The van der Waals surface area contributed by atoms with Gasteiger partial charge in [0.2, 0.25) is 0 Å². The first-order valence-electron chi connectivity index (χ1n) is 5.51. The lowest BCUT2D eigenvalue weighted by molar-refractivity contribution is 0.101. The molecule has 0 aromatic heterocycles. The van der Waals surface area contributed by atoms with Gasteiger partial charge in [-0.05, 0) is 32.4 Å². The summed E-state index contributed by atoms with van der Waals surface area (Å²) in [7, 11) is 0. The molecule has 88 valence electrons. The summed E-state index contributed by atoms with van der Waals surface area (Å²) in [5.41, 5.74) is 0.435. The van der Waals surface area contributed by atoms with Crippen molar-refractivity contribution in [1.29, 1.82) is 0 Å². The van der Waals surface area contributed by atoms with Crippen LogP contribution in [-0.2, 0) is 0 Å². The molecule has 1 aromatic rings. The zero-order valence-electron chi connectivity index (χ0n) is 9.92. The Morgan fingerprint density at radius 2 is 2.19 bits per heavy atom. The monoisotopic (exact) mass is 224 g/mol. The van der Waals surface area contributed by atoms with Crippen LogP contribution in [0.4, 0.5) is 4.39 Å². The summed E-state index contributed by atoms with van der Waals surface area (Å²) in [6.45, 7) is 5.42. The van der Waals surface area contributed by atoms with E-state index in [1.165, 1.54) is 25.1 Å². The van der Waals surface area contributed by atoms with Gasteiger partial charge in [0, 0.05) is 6.07 Å². The van der Waals surface area contributed by atoms with Crippen molar-refractivity contribution in [2.24, 2.45) is 0 Å². The molecule has 0 spiro atoms. The maximum Gasteiger partial charge on any atom is 0.163 e. The Hall–Kier alpha value is -1.38. The fraction of sp³-hybridized carbons (Fsp3) is 0.462. The maximum absolute atomic E-state index is 13.1. The molecule has 0 bridgehead atoms. The van der Waals surface area contributed by atoms with Crippen molar-refractivity contribution < 1.29 is 13.9 Å². The van der Waals surface area contributed by atoms with E-state index in [1.807, 2.05) is 6.92 Å². The molecule has 0 radical (unpaired) electrons. The number of hydrogen-bond acceptors (Lipinski definition) is 2. The first-order valence-corrected chi connectivity index (χ1v) is 5.51. The van der Waals surface area contributed by atoms with E-state index >= 15 is 0 Å². The molecule has 0 fully saturated rings. The van der Waals surface area contributed by atoms with E-state index in [0.29, 0.717) is 11.3 Å². The van der Waals surface area contributed by atoms with Crippen LogP contribution in [0.3, 0.4) is 0 Å². The molecular formula is C13H17FO2. The number of hydrogen-bond donors (Lipinski definition) is 0. The second kappa shape index (κ2) is 5.64. The lowest BCUT2D eigenvalue weighted by atomic mass is 10.1. The Labute approximate surface area is 95.4 Å². The lowest BCUT2D eigenvalue weighted by Gasteiger charge is -2.15. The van der Waals surface area contributed by atoms with Crippen molar-refractivity contribution >= 4 is 5.78 Å². The van der Waals surface area contributed by atoms with Crippen molar-refractivity contribution in [2.45, 2.75) is 39.7 Å². The van der Waals surface area contributed by atoms with Crippen LogP contribution in [0.25, 0.3) is 0 Å². The van der Waals surface area contributed by atoms with Gasteiger partial charge in [-0.3, -0.25) is 4.79 Å². The van der Waals surface area contributed by atoms with Crippen molar-refractivity contribution in [3.63, 3.8) is 0 Å². The van der Waals surface area contributed by atoms with Crippen molar-refractivity contribution in [2.75, 3.05) is 0 Å². The topological polar surface area (TPSA) is 26.3 Å². The second-order valence-electron chi connectivity index (χ2n) is 3.91. The maximum atomic E-state index is 13.1. The van der Waals surface area contributed by atoms with E-state index in [1.54, 1.807) is 0 Å². The van der Waals surface area contributed by atoms with Crippen LogP contribution < -0.4 is 4.74 Å². The van der Waals surface area contributed by atoms with Gasteiger partial charge < -0.3 is 4.74 Å². The predicted octanol–water partition coefficient (Wildman–Crippen LogP) is 3.60. The zero-order valence-corrected chi connectivity index (χ0v) is 9.92. The third-order valence-electron chi connectivity index (χ3n) is 2.35. The van der Waals surface area contributed by atoms with Gasteiger partial charge in [-0.25, -0.2) is 4.39 Å². The number of ether oxygens (including phenoxy) is 1. The number of rotatable bonds is 5. The quantitative estimate of drug-likeness (QED) is 0.714. The van der Waals surface area contributed by atoms with E-state index in [9.17, 15) is 9.18 Å². The van der Waals surface area contributed by atoms with E-state index in [-0.39, 0.29) is 17.7 Å². The molecule has 0 amide bonds. The summed E-state index contributed by atoms with van der Waals surface area (Å²) >= 11 is 0. The van der Waals surface area contributed by atoms with Gasteiger partial charge in [-0.1, -0.05) is 13.3 Å². The third kappa shape index (κ3) is 3.33. The average Bonchev–Trinajstić information content (AvgIpc) is 2.17. The van der Waals surface area contributed by atoms with Gasteiger partial charge in [0.25, 0.3) is 0 Å². The largest absolute Gasteiger partial charge is 0.490 e. The van der Waals surface area contributed by atoms with Crippen LogP contribution in [0.15, 0.2) is 18.2 Å². The van der Waals surface area contributed by atoms with Crippen LogP contribution in [0, 0.1) is 5.82 Å². The van der Waals surface area contributed by atoms with Crippen molar-refractivity contribution in [3.05, 3.63) is 29.6 Å². The van der Waals surface area contributed by atoms with Crippen LogP contribution in [-0.4, -0.2) is 11.9 Å². The van der Waals surface area contributed by atoms with Crippen molar-refractivity contribution in [1.82, 2.24) is 0 Å².